The quantitative estimate of drug-likeness (QED) is 0.758. The number of aliphatic hydroxyl groups is 1. The van der Waals surface area contributed by atoms with Gasteiger partial charge >= 0.3 is 6.03 Å². The van der Waals surface area contributed by atoms with Gasteiger partial charge in [0.15, 0.2) is 0 Å². The number of carbonyl (C=O) groups is 1. The van der Waals surface area contributed by atoms with Crippen molar-refractivity contribution in [3.05, 3.63) is 11.8 Å². The summed E-state index contributed by atoms with van der Waals surface area (Å²) in [4.78, 5) is 15.8. The van der Waals surface area contributed by atoms with Crippen LogP contribution >= 0.6 is 0 Å². The first kappa shape index (κ1) is 14.0. The van der Waals surface area contributed by atoms with Crippen LogP contribution in [0.2, 0.25) is 0 Å². The lowest BCUT2D eigenvalue weighted by Crippen LogP contribution is -2.51. The normalized spacial score (nSPS) is 18.3. The molecule has 1 saturated heterocycles. The van der Waals surface area contributed by atoms with Crippen molar-refractivity contribution >= 4 is 6.03 Å². The van der Waals surface area contributed by atoms with Crippen molar-refractivity contribution in [2.75, 3.05) is 39.3 Å². The van der Waals surface area contributed by atoms with Crippen LogP contribution in [0.1, 0.15) is 20.3 Å². The lowest BCUT2D eigenvalue weighted by molar-refractivity contribution is 0.123. The topological polar surface area (TPSA) is 55.8 Å². The standard InChI is InChI=1S/C12H23N3O2/c1-3-11(2)10-13-12(17)15-6-4-14(5-7-15)8-9-16/h10,16H,3-9H2,1-2H3,(H,13,17)/b11-10+. The van der Waals surface area contributed by atoms with Crippen LogP contribution in [0.3, 0.4) is 0 Å². The highest BCUT2D eigenvalue weighted by Gasteiger charge is 2.19. The molecule has 0 aliphatic carbocycles. The van der Waals surface area contributed by atoms with Crippen molar-refractivity contribution in [2.24, 2.45) is 0 Å². The maximum absolute atomic E-state index is 11.8. The second-order valence-electron chi connectivity index (χ2n) is 4.35. The van der Waals surface area contributed by atoms with E-state index in [0.29, 0.717) is 6.54 Å². The molecule has 0 aromatic rings. The second kappa shape index (κ2) is 7.29. The van der Waals surface area contributed by atoms with Gasteiger partial charge in [-0.15, -0.1) is 0 Å². The van der Waals surface area contributed by atoms with E-state index in [1.54, 1.807) is 6.20 Å². The first-order chi connectivity index (χ1) is 8.17. The summed E-state index contributed by atoms with van der Waals surface area (Å²) in [6.45, 7) is 8.07. The van der Waals surface area contributed by atoms with Gasteiger partial charge in [0.25, 0.3) is 0 Å². The van der Waals surface area contributed by atoms with E-state index in [2.05, 4.69) is 17.1 Å². The van der Waals surface area contributed by atoms with Crippen molar-refractivity contribution in [2.45, 2.75) is 20.3 Å². The van der Waals surface area contributed by atoms with Crippen molar-refractivity contribution in [1.29, 1.82) is 0 Å². The van der Waals surface area contributed by atoms with Crippen molar-refractivity contribution in [3.8, 4) is 0 Å². The summed E-state index contributed by atoms with van der Waals surface area (Å²) < 4.78 is 0. The SMILES string of the molecule is CC/C(C)=C/NC(=O)N1CCN(CCO)CC1. The summed E-state index contributed by atoms with van der Waals surface area (Å²) in [5.74, 6) is 0. The zero-order valence-corrected chi connectivity index (χ0v) is 10.8. The van der Waals surface area contributed by atoms with E-state index in [9.17, 15) is 4.79 Å². The van der Waals surface area contributed by atoms with E-state index in [-0.39, 0.29) is 12.6 Å². The Morgan fingerprint density at radius 3 is 2.53 bits per heavy atom. The number of hydrogen-bond donors (Lipinski definition) is 2. The zero-order chi connectivity index (χ0) is 12.7. The summed E-state index contributed by atoms with van der Waals surface area (Å²) in [6, 6.07) is -0.0264. The van der Waals surface area contributed by atoms with Gasteiger partial charge in [0.05, 0.1) is 6.61 Å². The van der Waals surface area contributed by atoms with E-state index in [0.717, 1.165) is 38.2 Å². The molecule has 0 atom stereocenters. The molecular formula is C12H23N3O2. The molecule has 2 N–H and O–H groups in total. The fourth-order valence-corrected chi connectivity index (χ4v) is 1.69. The maximum atomic E-state index is 11.8. The molecule has 5 nitrogen and oxygen atoms in total. The molecule has 0 spiro atoms. The van der Waals surface area contributed by atoms with Gasteiger partial charge in [-0.25, -0.2) is 4.79 Å². The molecule has 0 aromatic heterocycles. The van der Waals surface area contributed by atoms with E-state index in [1.807, 2.05) is 11.8 Å². The molecule has 1 rings (SSSR count). The molecule has 2 amide bonds. The highest BCUT2D eigenvalue weighted by atomic mass is 16.3. The Balaban J connectivity index is 2.31. The Hall–Kier alpha value is -1.07. The third-order valence-electron chi connectivity index (χ3n) is 3.08. The maximum Gasteiger partial charge on any atom is 0.321 e. The number of β-amino-alcohol motifs (C(OH)–C–C–N with tert-alkyl or cyclic N) is 1. The molecular weight excluding hydrogens is 218 g/mol. The number of amides is 2. The molecule has 1 aliphatic rings. The van der Waals surface area contributed by atoms with Gasteiger partial charge in [-0.3, -0.25) is 4.90 Å². The number of urea groups is 1. The van der Waals surface area contributed by atoms with E-state index < -0.39 is 0 Å². The molecule has 0 saturated carbocycles. The Labute approximate surface area is 103 Å². The Morgan fingerprint density at radius 1 is 1.35 bits per heavy atom. The predicted octanol–water partition coefficient (Wildman–Crippen LogP) is 0.620. The highest BCUT2D eigenvalue weighted by Crippen LogP contribution is 2.02. The first-order valence-corrected chi connectivity index (χ1v) is 6.21. The fourth-order valence-electron chi connectivity index (χ4n) is 1.69. The van der Waals surface area contributed by atoms with Crippen LogP contribution in [0, 0.1) is 0 Å². The first-order valence-electron chi connectivity index (χ1n) is 6.21. The summed E-state index contributed by atoms with van der Waals surface area (Å²) >= 11 is 0. The van der Waals surface area contributed by atoms with E-state index in [1.165, 1.54) is 0 Å². The Bertz CT molecular complexity index is 271. The number of hydrogen-bond acceptors (Lipinski definition) is 3. The monoisotopic (exact) mass is 241 g/mol. The molecule has 1 aliphatic heterocycles. The number of aliphatic hydroxyl groups excluding tert-OH is 1. The van der Waals surface area contributed by atoms with Gasteiger partial charge in [-0.1, -0.05) is 12.5 Å². The van der Waals surface area contributed by atoms with Crippen LogP contribution in [-0.4, -0.2) is 60.3 Å². The molecule has 0 bridgehead atoms. The Kier molecular flexibility index (Phi) is 6.00. The number of carbonyl (C=O) groups excluding carboxylic acids is 1. The summed E-state index contributed by atoms with van der Waals surface area (Å²) in [5.41, 5.74) is 1.16. The Morgan fingerprint density at radius 2 is 2.00 bits per heavy atom. The second-order valence-corrected chi connectivity index (χ2v) is 4.35. The van der Waals surface area contributed by atoms with Crippen LogP contribution in [0.4, 0.5) is 4.79 Å². The van der Waals surface area contributed by atoms with Crippen LogP contribution in [0.5, 0.6) is 0 Å². The number of nitrogens with one attached hydrogen (secondary N) is 1. The van der Waals surface area contributed by atoms with Gasteiger partial charge in [-0.2, -0.15) is 0 Å². The molecule has 0 radical (unpaired) electrons. The lowest BCUT2D eigenvalue weighted by atomic mass is 10.2. The smallest absolute Gasteiger partial charge is 0.321 e. The molecule has 17 heavy (non-hydrogen) atoms. The molecule has 5 heteroatoms. The van der Waals surface area contributed by atoms with Crippen LogP contribution in [0.25, 0.3) is 0 Å². The van der Waals surface area contributed by atoms with Crippen molar-refractivity contribution in [1.82, 2.24) is 15.1 Å². The molecule has 0 aromatic carbocycles. The van der Waals surface area contributed by atoms with Crippen molar-refractivity contribution in [3.63, 3.8) is 0 Å². The average Bonchev–Trinajstić information content (AvgIpc) is 2.36. The fraction of sp³-hybridized carbons (Fsp3) is 0.750. The van der Waals surface area contributed by atoms with Crippen LogP contribution in [0.15, 0.2) is 11.8 Å². The minimum absolute atomic E-state index is 0.0264. The largest absolute Gasteiger partial charge is 0.395 e. The third-order valence-corrected chi connectivity index (χ3v) is 3.08. The molecule has 0 unspecified atom stereocenters. The van der Waals surface area contributed by atoms with Gasteiger partial charge in [0, 0.05) is 38.9 Å². The van der Waals surface area contributed by atoms with Gasteiger partial charge in [0.1, 0.15) is 0 Å². The minimum atomic E-state index is -0.0264. The van der Waals surface area contributed by atoms with Crippen molar-refractivity contribution < 1.29 is 9.90 Å². The molecule has 1 heterocycles. The van der Waals surface area contributed by atoms with Crippen LogP contribution < -0.4 is 5.32 Å². The summed E-state index contributed by atoms with van der Waals surface area (Å²) in [7, 11) is 0. The van der Waals surface area contributed by atoms with Gasteiger partial charge < -0.3 is 15.3 Å². The minimum Gasteiger partial charge on any atom is -0.395 e. The zero-order valence-electron chi connectivity index (χ0n) is 10.8. The van der Waals surface area contributed by atoms with Gasteiger partial charge in [0.2, 0.25) is 0 Å². The molecule has 1 fully saturated rings. The average molecular weight is 241 g/mol. The van der Waals surface area contributed by atoms with E-state index >= 15 is 0 Å². The number of piperazine rings is 1. The lowest BCUT2D eigenvalue weighted by Gasteiger charge is -2.34. The van der Waals surface area contributed by atoms with Crippen LogP contribution in [-0.2, 0) is 0 Å². The highest BCUT2D eigenvalue weighted by molar-refractivity contribution is 5.75. The third kappa shape index (κ3) is 4.75. The summed E-state index contributed by atoms with van der Waals surface area (Å²) in [5, 5.41) is 11.6. The number of allylic oxidation sites excluding steroid dienone is 1. The number of rotatable bonds is 4. The predicted molar refractivity (Wildman–Crippen MR) is 67.7 cm³/mol. The summed E-state index contributed by atoms with van der Waals surface area (Å²) in [6.07, 6.45) is 2.73. The van der Waals surface area contributed by atoms with Gasteiger partial charge in [-0.05, 0) is 13.3 Å². The number of nitrogens with zero attached hydrogens (tertiary/aromatic N) is 2. The molecule has 98 valence electrons. The van der Waals surface area contributed by atoms with E-state index in [4.69, 9.17) is 5.11 Å².